The number of rotatable bonds is 6. The lowest BCUT2D eigenvalue weighted by molar-refractivity contribution is -0.385. The molecule has 0 amide bonds. The van der Waals surface area contributed by atoms with Gasteiger partial charge in [0.15, 0.2) is 11.4 Å². The summed E-state index contributed by atoms with van der Waals surface area (Å²) in [6.45, 7) is 0. The van der Waals surface area contributed by atoms with Crippen molar-refractivity contribution in [1.29, 1.82) is 5.26 Å². The minimum Gasteiger partial charge on any atom is -0.493 e. The lowest BCUT2D eigenvalue weighted by atomic mass is 10.1. The minimum absolute atomic E-state index is 0.0542. The first kappa shape index (κ1) is 20.6. The van der Waals surface area contributed by atoms with Crippen molar-refractivity contribution >= 4 is 33.9 Å². The molecule has 0 spiro atoms. The second-order valence-corrected chi connectivity index (χ2v) is 5.45. The van der Waals surface area contributed by atoms with Crippen molar-refractivity contribution in [3.63, 3.8) is 0 Å². The van der Waals surface area contributed by atoms with Crippen LogP contribution in [-0.2, 0) is 4.74 Å². The van der Waals surface area contributed by atoms with Gasteiger partial charge in [-0.25, -0.2) is 9.78 Å². The Labute approximate surface area is 164 Å². The first-order chi connectivity index (χ1) is 13.4. The first-order valence-corrected chi connectivity index (χ1v) is 7.87. The molecule has 144 valence electrons. The van der Waals surface area contributed by atoms with Crippen LogP contribution in [0.5, 0.6) is 11.5 Å². The summed E-state index contributed by atoms with van der Waals surface area (Å²) in [5, 5.41) is 20.7. The van der Waals surface area contributed by atoms with Gasteiger partial charge in [0, 0.05) is 11.6 Å². The zero-order valence-corrected chi connectivity index (χ0v) is 15.7. The standard InChI is InChI=1S/C17H13ClN4O6/c1-26-14-5-9(4-13(22(24)25)16(14)27-2)15(18)10(6-19)11-7-21-12(8-20-11)17(23)28-3/h4-5,7-8H,1-3H3/b15-10-. The average molecular weight is 405 g/mol. The van der Waals surface area contributed by atoms with Gasteiger partial charge in [0.2, 0.25) is 5.75 Å². The lowest BCUT2D eigenvalue weighted by Crippen LogP contribution is -2.05. The molecule has 1 heterocycles. The van der Waals surface area contributed by atoms with E-state index in [1.165, 1.54) is 33.6 Å². The summed E-state index contributed by atoms with van der Waals surface area (Å²) in [4.78, 5) is 30.0. The minimum atomic E-state index is -0.692. The Balaban J connectivity index is 2.63. The molecule has 11 heteroatoms. The van der Waals surface area contributed by atoms with Crippen LogP contribution in [-0.4, -0.2) is 42.2 Å². The van der Waals surface area contributed by atoms with Crippen molar-refractivity contribution < 1.29 is 23.9 Å². The van der Waals surface area contributed by atoms with E-state index in [-0.39, 0.29) is 44.7 Å². The van der Waals surface area contributed by atoms with Crippen LogP contribution in [0.25, 0.3) is 10.6 Å². The van der Waals surface area contributed by atoms with E-state index in [2.05, 4.69) is 14.7 Å². The highest BCUT2D eigenvalue weighted by molar-refractivity contribution is 6.53. The number of nitriles is 1. The molecule has 0 radical (unpaired) electrons. The van der Waals surface area contributed by atoms with E-state index in [1.807, 2.05) is 6.07 Å². The average Bonchev–Trinajstić information content (AvgIpc) is 2.72. The number of nitro benzene ring substituents is 1. The van der Waals surface area contributed by atoms with Crippen molar-refractivity contribution in [2.24, 2.45) is 0 Å². The quantitative estimate of drug-likeness (QED) is 0.308. The number of hydrogen-bond donors (Lipinski definition) is 0. The number of carbonyl (C=O) groups is 1. The molecule has 2 rings (SSSR count). The Morgan fingerprint density at radius 3 is 2.29 bits per heavy atom. The van der Waals surface area contributed by atoms with Gasteiger partial charge in [0.05, 0.1) is 49.3 Å². The van der Waals surface area contributed by atoms with Crippen LogP contribution in [0.4, 0.5) is 5.69 Å². The molecule has 0 saturated carbocycles. The van der Waals surface area contributed by atoms with E-state index in [0.29, 0.717) is 0 Å². The summed E-state index contributed by atoms with van der Waals surface area (Å²) in [6.07, 6.45) is 2.29. The topological polar surface area (TPSA) is 137 Å². The molecule has 0 saturated heterocycles. The van der Waals surface area contributed by atoms with Gasteiger partial charge in [-0.05, 0) is 6.07 Å². The lowest BCUT2D eigenvalue weighted by Gasteiger charge is -2.11. The smallest absolute Gasteiger partial charge is 0.358 e. The second kappa shape index (κ2) is 8.79. The van der Waals surface area contributed by atoms with Gasteiger partial charge < -0.3 is 14.2 Å². The normalized spacial score (nSPS) is 11.1. The fourth-order valence-electron chi connectivity index (χ4n) is 2.24. The number of carbonyl (C=O) groups excluding carboxylic acids is 1. The summed E-state index contributed by atoms with van der Waals surface area (Å²) in [5.74, 6) is -0.709. The predicted molar refractivity (Wildman–Crippen MR) is 97.9 cm³/mol. The van der Waals surface area contributed by atoms with Crippen LogP contribution < -0.4 is 9.47 Å². The van der Waals surface area contributed by atoms with Crippen molar-refractivity contribution in [2.45, 2.75) is 0 Å². The van der Waals surface area contributed by atoms with E-state index in [1.54, 1.807) is 0 Å². The summed E-state index contributed by atoms with van der Waals surface area (Å²) in [6, 6.07) is 4.42. The number of benzene rings is 1. The Kier molecular flexibility index (Phi) is 6.46. The molecule has 0 fully saturated rings. The number of allylic oxidation sites excluding steroid dienone is 1. The molecular weight excluding hydrogens is 392 g/mol. The van der Waals surface area contributed by atoms with Crippen molar-refractivity contribution in [3.05, 3.63) is 51.6 Å². The molecular formula is C17H13ClN4O6. The molecule has 0 unspecified atom stereocenters. The highest BCUT2D eigenvalue weighted by Crippen LogP contribution is 2.41. The number of hydrogen-bond acceptors (Lipinski definition) is 9. The second-order valence-electron chi connectivity index (χ2n) is 5.07. The summed E-state index contributed by atoms with van der Waals surface area (Å²) in [5.41, 5.74) is -0.341. The number of ether oxygens (including phenoxy) is 3. The molecule has 0 aliphatic heterocycles. The Bertz CT molecular complexity index is 998. The Hall–Kier alpha value is -3.71. The maximum atomic E-state index is 11.4. The van der Waals surface area contributed by atoms with Crippen molar-refractivity contribution in [2.75, 3.05) is 21.3 Å². The van der Waals surface area contributed by atoms with Crippen molar-refractivity contribution in [3.8, 4) is 17.6 Å². The molecule has 0 atom stereocenters. The van der Waals surface area contributed by atoms with Crippen LogP contribution in [0.15, 0.2) is 24.5 Å². The third-order valence-corrected chi connectivity index (χ3v) is 3.95. The highest BCUT2D eigenvalue weighted by atomic mass is 35.5. The molecule has 0 aliphatic rings. The maximum absolute atomic E-state index is 11.4. The number of aromatic nitrogens is 2. The van der Waals surface area contributed by atoms with Crippen LogP contribution in [0.1, 0.15) is 21.7 Å². The third kappa shape index (κ3) is 3.99. The summed E-state index contributed by atoms with van der Waals surface area (Å²) >= 11 is 6.32. The summed E-state index contributed by atoms with van der Waals surface area (Å²) < 4.78 is 14.7. The van der Waals surface area contributed by atoms with Crippen LogP contribution in [0.2, 0.25) is 0 Å². The molecule has 0 N–H and O–H groups in total. The van der Waals surface area contributed by atoms with E-state index in [4.69, 9.17) is 21.1 Å². The molecule has 1 aromatic carbocycles. The predicted octanol–water partition coefficient (Wildman–Crippen LogP) is 2.82. The van der Waals surface area contributed by atoms with Gasteiger partial charge in [-0.3, -0.25) is 15.1 Å². The third-order valence-electron chi connectivity index (χ3n) is 3.54. The molecule has 10 nitrogen and oxygen atoms in total. The van der Waals surface area contributed by atoms with Gasteiger partial charge in [0.25, 0.3) is 0 Å². The van der Waals surface area contributed by atoms with Crippen LogP contribution >= 0.6 is 11.6 Å². The number of methoxy groups -OCH3 is 3. The van der Waals surface area contributed by atoms with Gasteiger partial charge in [-0.15, -0.1) is 0 Å². The Morgan fingerprint density at radius 1 is 1.18 bits per heavy atom. The molecule has 28 heavy (non-hydrogen) atoms. The summed E-state index contributed by atoms with van der Waals surface area (Å²) in [7, 11) is 3.77. The van der Waals surface area contributed by atoms with E-state index >= 15 is 0 Å². The fraction of sp³-hybridized carbons (Fsp3) is 0.176. The Morgan fingerprint density at radius 2 is 1.82 bits per heavy atom. The zero-order chi connectivity index (χ0) is 20.8. The molecule has 0 aliphatic carbocycles. The van der Waals surface area contributed by atoms with E-state index in [9.17, 15) is 20.2 Å². The monoisotopic (exact) mass is 404 g/mol. The SMILES string of the molecule is COC(=O)c1cnc(/C(C#N)=C(\Cl)c2cc(OC)c(OC)c([N+](=O)[O-])c2)cn1. The van der Waals surface area contributed by atoms with Gasteiger partial charge >= 0.3 is 11.7 Å². The first-order valence-electron chi connectivity index (χ1n) is 7.49. The molecule has 0 bridgehead atoms. The number of halogens is 1. The van der Waals surface area contributed by atoms with Crippen LogP contribution in [0, 0.1) is 21.4 Å². The van der Waals surface area contributed by atoms with Crippen LogP contribution in [0.3, 0.4) is 0 Å². The molecule has 1 aromatic heterocycles. The maximum Gasteiger partial charge on any atom is 0.358 e. The number of esters is 1. The largest absolute Gasteiger partial charge is 0.493 e. The fourth-order valence-corrected chi connectivity index (χ4v) is 2.49. The van der Waals surface area contributed by atoms with Crippen molar-refractivity contribution in [1.82, 2.24) is 9.97 Å². The zero-order valence-electron chi connectivity index (χ0n) is 14.9. The highest BCUT2D eigenvalue weighted by Gasteiger charge is 2.24. The van der Waals surface area contributed by atoms with Gasteiger partial charge in [0.1, 0.15) is 11.8 Å². The van der Waals surface area contributed by atoms with Gasteiger partial charge in [-0.2, -0.15) is 5.26 Å². The van der Waals surface area contributed by atoms with Gasteiger partial charge in [-0.1, -0.05) is 11.6 Å². The number of nitro groups is 1. The van der Waals surface area contributed by atoms with E-state index in [0.717, 1.165) is 12.3 Å². The molecule has 2 aromatic rings. The van der Waals surface area contributed by atoms with E-state index < -0.39 is 10.9 Å². The number of nitrogens with zero attached hydrogens (tertiary/aromatic N) is 4.